The highest BCUT2D eigenvalue weighted by atomic mass is 32.1. The average Bonchev–Trinajstić information content (AvgIpc) is 2.98. The number of benzene rings is 1. The van der Waals surface area contributed by atoms with Gasteiger partial charge in [0.1, 0.15) is 6.33 Å². The Kier molecular flexibility index (Phi) is 4.04. The van der Waals surface area contributed by atoms with Gasteiger partial charge in [0.25, 0.3) is 0 Å². The molecule has 0 radical (unpaired) electrons. The summed E-state index contributed by atoms with van der Waals surface area (Å²) in [5, 5.41) is 7.05. The topological polar surface area (TPSA) is 37.8 Å². The predicted octanol–water partition coefficient (Wildman–Crippen LogP) is 3.78. The van der Waals surface area contributed by atoms with Gasteiger partial charge in [0.05, 0.1) is 6.04 Å². The van der Waals surface area contributed by atoms with Gasteiger partial charge in [-0.1, -0.05) is 25.1 Å². The third-order valence-electron chi connectivity index (χ3n) is 3.33. The number of fused-ring (bicyclic) bond motifs is 1. The van der Waals surface area contributed by atoms with Crippen LogP contribution in [-0.4, -0.2) is 16.5 Å². The summed E-state index contributed by atoms with van der Waals surface area (Å²) in [5.74, 6) is 0. The third kappa shape index (κ3) is 2.57. The molecule has 0 amide bonds. The van der Waals surface area contributed by atoms with Crippen molar-refractivity contribution in [3.8, 4) is 0 Å². The van der Waals surface area contributed by atoms with E-state index in [9.17, 15) is 0 Å². The first kappa shape index (κ1) is 13.2. The molecule has 1 aromatic carbocycles. The van der Waals surface area contributed by atoms with Crippen molar-refractivity contribution >= 4 is 21.4 Å². The molecule has 20 heavy (non-hydrogen) atoms. The molecule has 0 bridgehead atoms. The smallest absolute Gasteiger partial charge is 0.115 e. The average molecular weight is 283 g/mol. The van der Waals surface area contributed by atoms with E-state index in [1.54, 1.807) is 17.7 Å². The van der Waals surface area contributed by atoms with E-state index in [-0.39, 0.29) is 6.04 Å². The Balaban J connectivity index is 2.07. The SMILES string of the molecule is CCCNC(c1cncnc1)c1cccc2ccsc12. The number of nitrogens with one attached hydrogen (secondary N) is 1. The predicted molar refractivity (Wildman–Crippen MR) is 84.0 cm³/mol. The number of nitrogens with zero attached hydrogens (tertiary/aromatic N) is 2. The molecule has 102 valence electrons. The molecule has 3 rings (SSSR count). The Hall–Kier alpha value is -1.78. The number of hydrogen-bond acceptors (Lipinski definition) is 4. The molecule has 1 unspecified atom stereocenters. The fourth-order valence-electron chi connectivity index (χ4n) is 2.40. The van der Waals surface area contributed by atoms with Gasteiger partial charge < -0.3 is 5.32 Å². The summed E-state index contributed by atoms with van der Waals surface area (Å²) in [5.41, 5.74) is 2.42. The quantitative estimate of drug-likeness (QED) is 0.774. The lowest BCUT2D eigenvalue weighted by Crippen LogP contribution is -2.23. The second-order valence-corrected chi connectivity index (χ2v) is 5.66. The van der Waals surface area contributed by atoms with Gasteiger partial charge in [-0.25, -0.2) is 9.97 Å². The Morgan fingerprint density at radius 2 is 2.05 bits per heavy atom. The van der Waals surface area contributed by atoms with Gasteiger partial charge in [-0.05, 0) is 35.4 Å². The zero-order valence-electron chi connectivity index (χ0n) is 11.4. The molecule has 0 aliphatic rings. The lowest BCUT2D eigenvalue weighted by molar-refractivity contribution is 0.598. The Bertz CT molecular complexity index is 678. The summed E-state index contributed by atoms with van der Waals surface area (Å²) in [4.78, 5) is 8.32. The van der Waals surface area contributed by atoms with Crippen LogP contribution in [0.2, 0.25) is 0 Å². The van der Waals surface area contributed by atoms with Crippen molar-refractivity contribution < 1.29 is 0 Å². The van der Waals surface area contributed by atoms with Crippen LogP contribution < -0.4 is 5.32 Å². The fraction of sp³-hybridized carbons (Fsp3) is 0.250. The molecule has 0 fully saturated rings. The molecule has 0 spiro atoms. The van der Waals surface area contributed by atoms with Crippen molar-refractivity contribution in [2.24, 2.45) is 0 Å². The van der Waals surface area contributed by atoms with Crippen LogP contribution in [0.3, 0.4) is 0 Å². The van der Waals surface area contributed by atoms with Crippen molar-refractivity contribution in [2.45, 2.75) is 19.4 Å². The molecule has 3 nitrogen and oxygen atoms in total. The second kappa shape index (κ2) is 6.11. The standard InChI is InChI=1S/C16H17N3S/c1-2-7-19-15(13-9-17-11-18-10-13)14-5-3-4-12-6-8-20-16(12)14/h3-6,8-11,15,19H,2,7H2,1H3. The van der Waals surface area contributed by atoms with E-state index in [0.29, 0.717) is 0 Å². The largest absolute Gasteiger partial charge is 0.306 e. The van der Waals surface area contributed by atoms with Crippen LogP contribution in [0.1, 0.15) is 30.5 Å². The fourth-order valence-corrected chi connectivity index (χ4v) is 3.34. The van der Waals surface area contributed by atoms with E-state index in [2.05, 4.69) is 51.9 Å². The number of thiophene rings is 1. The minimum absolute atomic E-state index is 0.151. The van der Waals surface area contributed by atoms with Crippen molar-refractivity contribution in [3.05, 3.63) is 59.5 Å². The summed E-state index contributed by atoms with van der Waals surface area (Å²) in [6.07, 6.45) is 6.47. The molecule has 0 saturated heterocycles. The van der Waals surface area contributed by atoms with Crippen molar-refractivity contribution in [1.29, 1.82) is 0 Å². The van der Waals surface area contributed by atoms with Gasteiger partial charge in [0.2, 0.25) is 0 Å². The highest BCUT2D eigenvalue weighted by molar-refractivity contribution is 7.17. The third-order valence-corrected chi connectivity index (χ3v) is 4.31. The van der Waals surface area contributed by atoms with E-state index in [1.807, 2.05) is 12.4 Å². The van der Waals surface area contributed by atoms with E-state index in [4.69, 9.17) is 0 Å². The van der Waals surface area contributed by atoms with E-state index >= 15 is 0 Å². The van der Waals surface area contributed by atoms with Crippen molar-refractivity contribution in [1.82, 2.24) is 15.3 Å². The first-order valence-electron chi connectivity index (χ1n) is 6.84. The second-order valence-electron chi connectivity index (χ2n) is 4.75. The van der Waals surface area contributed by atoms with Crippen LogP contribution in [-0.2, 0) is 0 Å². The first-order chi connectivity index (χ1) is 9.90. The minimum Gasteiger partial charge on any atom is -0.306 e. The summed E-state index contributed by atoms with van der Waals surface area (Å²) in [6, 6.07) is 8.79. The highest BCUT2D eigenvalue weighted by Crippen LogP contribution is 2.31. The van der Waals surface area contributed by atoms with E-state index < -0.39 is 0 Å². The Labute approximate surface area is 122 Å². The lowest BCUT2D eigenvalue weighted by atomic mass is 10.00. The molecular weight excluding hydrogens is 266 g/mol. The van der Waals surface area contributed by atoms with Crippen LogP contribution in [0.15, 0.2) is 48.4 Å². The maximum atomic E-state index is 4.16. The summed E-state index contributed by atoms with van der Waals surface area (Å²) in [6.45, 7) is 3.15. The van der Waals surface area contributed by atoms with Crippen LogP contribution in [0, 0.1) is 0 Å². The number of aromatic nitrogens is 2. The monoisotopic (exact) mass is 283 g/mol. The van der Waals surface area contributed by atoms with E-state index in [1.165, 1.54) is 15.6 Å². The molecule has 0 aliphatic carbocycles. The lowest BCUT2D eigenvalue weighted by Gasteiger charge is -2.19. The van der Waals surface area contributed by atoms with Crippen LogP contribution in [0.25, 0.3) is 10.1 Å². The van der Waals surface area contributed by atoms with Gasteiger partial charge in [0.15, 0.2) is 0 Å². The Morgan fingerprint density at radius 3 is 2.85 bits per heavy atom. The zero-order valence-corrected chi connectivity index (χ0v) is 12.2. The van der Waals surface area contributed by atoms with E-state index in [0.717, 1.165) is 18.5 Å². The maximum absolute atomic E-state index is 4.16. The number of hydrogen-bond donors (Lipinski definition) is 1. The van der Waals surface area contributed by atoms with Crippen LogP contribution in [0.5, 0.6) is 0 Å². The molecule has 2 heterocycles. The molecule has 1 atom stereocenters. The molecular formula is C16H17N3S. The number of rotatable bonds is 5. The molecule has 0 saturated carbocycles. The normalized spacial score (nSPS) is 12.7. The van der Waals surface area contributed by atoms with Gasteiger partial charge in [-0.15, -0.1) is 11.3 Å². The van der Waals surface area contributed by atoms with Gasteiger partial charge >= 0.3 is 0 Å². The molecule has 3 aromatic rings. The van der Waals surface area contributed by atoms with Gasteiger partial charge in [-0.3, -0.25) is 0 Å². The summed E-state index contributed by atoms with van der Waals surface area (Å²) in [7, 11) is 0. The molecule has 4 heteroatoms. The molecule has 2 aromatic heterocycles. The molecule has 1 N–H and O–H groups in total. The maximum Gasteiger partial charge on any atom is 0.115 e. The highest BCUT2D eigenvalue weighted by Gasteiger charge is 2.16. The van der Waals surface area contributed by atoms with Crippen LogP contribution in [0.4, 0.5) is 0 Å². The minimum atomic E-state index is 0.151. The van der Waals surface area contributed by atoms with Gasteiger partial charge in [-0.2, -0.15) is 0 Å². The molecule has 0 aliphatic heterocycles. The summed E-state index contributed by atoms with van der Waals surface area (Å²) >= 11 is 1.79. The Morgan fingerprint density at radius 1 is 1.20 bits per heavy atom. The van der Waals surface area contributed by atoms with Gasteiger partial charge in [0, 0.05) is 22.7 Å². The van der Waals surface area contributed by atoms with Crippen molar-refractivity contribution in [2.75, 3.05) is 6.54 Å². The first-order valence-corrected chi connectivity index (χ1v) is 7.72. The van der Waals surface area contributed by atoms with Crippen LogP contribution >= 0.6 is 11.3 Å². The summed E-state index contributed by atoms with van der Waals surface area (Å²) < 4.78 is 1.34. The zero-order chi connectivity index (χ0) is 13.8. The van der Waals surface area contributed by atoms with Crippen molar-refractivity contribution in [3.63, 3.8) is 0 Å².